The number of furan rings is 1. The molecule has 5 nitrogen and oxygen atoms in total. The van der Waals surface area contributed by atoms with Gasteiger partial charge in [-0.2, -0.15) is 0 Å². The summed E-state index contributed by atoms with van der Waals surface area (Å²) in [5.41, 5.74) is 0.693. The van der Waals surface area contributed by atoms with Gasteiger partial charge in [0.15, 0.2) is 0 Å². The first-order valence-corrected chi connectivity index (χ1v) is 7.15. The van der Waals surface area contributed by atoms with Crippen molar-refractivity contribution in [3.63, 3.8) is 0 Å². The van der Waals surface area contributed by atoms with Gasteiger partial charge in [-0.05, 0) is 36.2 Å². The molecule has 8 heteroatoms. The third kappa shape index (κ3) is 5.62. The standard InChI is InChI=1S/C16H16F3NO4/c17-16(18,19)24-12-6-3-11(4-7-12)5-8-15(22)20-13(10-21)14-2-1-9-23-14/h1-4,6-7,9,13,21H,5,8,10H2,(H,20,22). The number of nitrogens with one attached hydrogen (secondary N) is 1. The molecule has 1 heterocycles. The Kier molecular flexibility index (Phi) is 5.86. The number of halogens is 3. The molecule has 2 N–H and O–H groups in total. The summed E-state index contributed by atoms with van der Waals surface area (Å²) in [6, 6.07) is 7.97. The van der Waals surface area contributed by atoms with Gasteiger partial charge >= 0.3 is 6.36 Å². The van der Waals surface area contributed by atoms with E-state index in [-0.39, 0.29) is 24.7 Å². The lowest BCUT2D eigenvalue weighted by Gasteiger charge is -2.14. The minimum atomic E-state index is -4.73. The van der Waals surface area contributed by atoms with E-state index in [2.05, 4.69) is 10.1 Å². The van der Waals surface area contributed by atoms with Gasteiger partial charge in [0.1, 0.15) is 17.6 Å². The first kappa shape index (κ1) is 17.9. The van der Waals surface area contributed by atoms with Crippen LogP contribution in [-0.4, -0.2) is 24.0 Å². The first-order valence-electron chi connectivity index (χ1n) is 7.15. The maximum absolute atomic E-state index is 12.1. The Hall–Kier alpha value is -2.48. The zero-order chi connectivity index (χ0) is 17.6. The first-order chi connectivity index (χ1) is 11.4. The molecule has 1 amide bonds. The van der Waals surface area contributed by atoms with Crippen LogP contribution < -0.4 is 10.1 Å². The minimum absolute atomic E-state index is 0.122. The number of hydrogen-bond donors (Lipinski definition) is 2. The highest BCUT2D eigenvalue weighted by Gasteiger charge is 2.30. The number of aliphatic hydroxyl groups is 1. The summed E-state index contributed by atoms with van der Waals surface area (Å²) in [4.78, 5) is 11.9. The van der Waals surface area contributed by atoms with Crippen LogP contribution in [0.2, 0.25) is 0 Å². The quantitative estimate of drug-likeness (QED) is 0.811. The molecule has 1 aromatic carbocycles. The molecule has 0 radical (unpaired) electrons. The fourth-order valence-electron chi connectivity index (χ4n) is 2.08. The van der Waals surface area contributed by atoms with E-state index in [4.69, 9.17) is 4.42 Å². The lowest BCUT2D eigenvalue weighted by Crippen LogP contribution is -2.30. The Labute approximate surface area is 136 Å². The number of ether oxygens (including phenoxy) is 1. The number of alkyl halides is 3. The second kappa shape index (κ2) is 7.87. The third-order valence-corrected chi connectivity index (χ3v) is 3.20. The molecule has 1 atom stereocenters. The molecule has 130 valence electrons. The van der Waals surface area contributed by atoms with Gasteiger partial charge in [0.2, 0.25) is 5.91 Å². The van der Waals surface area contributed by atoms with Crippen molar-refractivity contribution in [2.45, 2.75) is 25.2 Å². The Morgan fingerprint density at radius 1 is 1.25 bits per heavy atom. The maximum atomic E-state index is 12.1. The van der Waals surface area contributed by atoms with Gasteiger partial charge < -0.3 is 19.6 Å². The number of hydrogen-bond acceptors (Lipinski definition) is 4. The smallest absolute Gasteiger partial charge is 0.467 e. The minimum Gasteiger partial charge on any atom is -0.467 e. The number of aliphatic hydroxyl groups excluding tert-OH is 1. The topological polar surface area (TPSA) is 71.7 Å². The van der Waals surface area contributed by atoms with Gasteiger partial charge in [0, 0.05) is 6.42 Å². The van der Waals surface area contributed by atoms with E-state index in [9.17, 15) is 23.1 Å². The summed E-state index contributed by atoms with van der Waals surface area (Å²) in [5.74, 6) is -0.172. The lowest BCUT2D eigenvalue weighted by atomic mass is 10.1. The number of benzene rings is 1. The van der Waals surface area contributed by atoms with E-state index in [0.717, 1.165) is 0 Å². The van der Waals surface area contributed by atoms with Crippen molar-refractivity contribution in [3.8, 4) is 5.75 Å². The van der Waals surface area contributed by atoms with E-state index in [1.165, 1.54) is 30.5 Å². The van der Waals surface area contributed by atoms with Gasteiger partial charge in [-0.15, -0.1) is 13.2 Å². The van der Waals surface area contributed by atoms with Crippen LogP contribution in [0.25, 0.3) is 0 Å². The normalized spacial score (nSPS) is 12.7. The van der Waals surface area contributed by atoms with E-state index in [1.807, 2.05) is 0 Å². The molecule has 0 aliphatic heterocycles. The van der Waals surface area contributed by atoms with E-state index >= 15 is 0 Å². The summed E-state index contributed by atoms with van der Waals surface area (Å²) >= 11 is 0. The molecule has 24 heavy (non-hydrogen) atoms. The molecule has 0 aliphatic rings. The van der Waals surface area contributed by atoms with Gasteiger partial charge in [0.25, 0.3) is 0 Å². The number of aryl methyl sites for hydroxylation is 1. The van der Waals surface area contributed by atoms with Crippen LogP contribution in [0.15, 0.2) is 47.1 Å². The van der Waals surface area contributed by atoms with Crippen molar-refractivity contribution in [1.29, 1.82) is 0 Å². The second-order valence-electron chi connectivity index (χ2n) is 5.01. The fraction of sp³-hybridized carbons (Fsp3) is 0.312. The van der Waals surface area contributed by atoms with Crippen molar-refractivity contribution < 1.29 is 32.2 Å². The highest BCUT2D eigenvalue weighted by molar-refractivity contribution is 5.76. The molecule has 0 bridgehead atoms. The van der Waals surface area contributed by atoms with Crippen LogP contribution in [-0.2, 0) is 11.2 Å². The van der Waals surface area contributed by atoms with Gasteiger partial charge in [-0.25, -0.2) is 0 Å². The number of rotatable bonds is 7. The maximum Gasteiger partial charge on any atom is 0.573 e. The monoisotopic (exact) mass is 343 g/mol. The van der Waals surface area contributed by atoms with Crippen LogP contribution in [0.5, 0.6) is 5.75 Å². The van der Waals surface area contributed by atoms with Crippen LogP contribution in [0.3, 0.4) is 0 Å². The molecular weight excluding hydrogens is 327 g/mol. The molecule has 2 aromatic rings. The molecule has 0 fully saturated rings. The molecule has 0 saturated carbocycles. The summed E-state index contributed by atoms with van der Waals surface area (Å²) in [6.45, 7) is -0.303. The lowest BCUT2D eigenvalue weighted by molar-refractivity contribution is -0.274. The second-order valence-corrected chi connectivity index (χ2v) is 5.01. The fourth-order valence-corrected chi connectivity index (χ4v) is 2.08. The van der Waals surface area contributed by atoms with Crippen molar-refractivity contribution in [2.75, 3.05) is 6.61 Å². The van der Waals surface area contributed by atoms with E-state index in [1.54, 1.807) is 12.1 Å². The zero-order valence-corrected chi connectivity index (χ0v) is 12.5. The van der Waals surface area contributed by atoms with Gasteiger partial charge in [-0.3, -0.25) is 4.79 Å². The van der Waals surface area contributed by atoms with Crippen molar-refractivity contribution in [3.05, 3.63) is 54.0 Å². The molecule has 1 aromatic heterocycles. The van der Waals surface area contributed by atoms with Crippen molar-refractivity contribution >= 4 is 5.91 Å². The molecular formula is C16H16F3NO4. The summed E-state index contributed by atoms with van der Waals surface area (Å²) in [5, 5.41) is 11.9. The predicted molar refractivity (Wildman–Crippen MR) is 78.1 cm³/mol. The highest BCUT2D eigenvalue weighted by atomic mass is 19.4. The third-order valence-electron chi connectivity index (χ3n) is 3.20. The van der Waals surface area contributed by atoms with Crippen LogP contribution in [0.4, 0.5) is 13.2 Å². The summed E-state index contributed by atoms with van der Waals surface area (Å²) in [6.07, 6.45) is -2.83. The predicted octanol–water partition coefficient (Wildman–Crippen LogP) is 2.96. The van der Waals surface area contributed by atoms with Crippen molar-refractivity contribution in [2.24, 2.45) is 0 Å². The Balaban J connectivity index is 1.83. The Bertz CT molecular complexity index is 638. The molecule has 0 aliphatic carbocycles. The Morgan fingerprint density at radius 3 is 2.50 bits per heavy atom. The van der Waals surface area contributed by atoms with Gasteiger partial charge in [-0.1, -0.05) is 12.1 Å². The molecule has 0 spiro atoms. The largest absolute Gasteiger partial charge is 0.573 e. The van der Waals surface area contributed by atoms with Crippen LogP contribution in [0, 0.1) is 0 Å². The summed E-state index contributed by atoms with van der Waals surface area (Å²) in [7, 11) is 0. The zero-order valence-electron chi connectivity index (χ0n) is 12.5. The van der Waals surface area contributed by atoms with E-state index < -0.39 is 12.4 Å². The number of amides is 1. The SMILES string of the molecule is O=C(CCc1ccc(OC(F)(F)F)cc1)NC(CO)c1ccco1. The van der Waals surface area contributed by atoms with Crippen LogP contribution >= 0.6 is 0 Å². The molecule has 0 saturated heterocycles. The van der Waals surface area contributed by atoms with Gasteiger partial charge in [0.05, 0.1) is 12.9 Å². The average molecular weight is 343 g/mol. The number of carbonyl (C=O) groups is 1. The average Bonchev–Trinajstić information content (AvgIpc) is 3.04. The van der Waals surface area contributed by atoms with Crippen LogP contribution in [0.1, 0.15) is 23.8 Å². The molecule has 2 rings (SSSR count). The summed E-state index contributed by atoms with van der Waals surface area (Å²) < 4.78 is 45.1. The Morgan fingerprint density at radius 2 is 1.96 bits per heavy atom. The molecule has 1 unspecified atom stereocenters. The highest BCUT2D eigenvalue weighted by Crippen LogP contribution is 2.23. The van der Waals surface area contributed by atoms with E-state index in [0.29, 0.717) is 17.7 Å². The number of carbonyl (C=O) groups excluding carboxylic acids is 1. The van der Waals surface area contributed by atoms with Crippen molar-refractivity contribution in [1.82, 2.24) is 5.32 Å².